The molecule has 2 aliphatic heterocycles. The Morgan fingerprint density at radius 2 is 0.986 bits per heavy atom. The van der Waals surface area contributed by atoms with Gasteiger partial charge in [-0.15, -0.1) is 0 Å². The van der Waals surface area contributed by atoms with Gasteiger partial charge in [-0.1, -0.05) is 94.9 Å². The lowest BCUT2D eigenvalue weighted by molar-refractivity contribution is 0.313. The lowest BCUT2D eigenvalue weighted by atomic mass is 10.0. The Bertz CT molecular complexity index is 3120. The first-order valence-corrected chi connectivity index (χ1v) is 24.9. The largest absolute Gasteiger partial charge is 0.398 e. The summed E-state index contributed by atoms with van der Waals surface area (Å²) in [7, 11) is 12.0. The molecule has 0 atom stereocenters. The van der Waals surface area contributed by atoms with E-state index >= 15 is 0 Å². The van der Waals surface area contributed by atoms with Gasteiger partial charge in [-0.25, -0.2) is 24.9 Å². The summed E-state index contributed by atoms with van der Waals surface area (Å²) >= 11 is 25.7. The summed E-state index contributed by atoms with van der Waals surface area (Å²) in [5.74, 6) is 3.05. The van der Waals surface area contributed by atoms with Crippen LogP contribution in [0.3, 0.4) is 0 Å². The molecular weight excluding hydrogens is 990 g/mol. The van der Waals surface area contributed by atoms with E-state index in [1.165, 1.54) is 6.33 Å². The molecule has 20 heteroatoms. The van der Waals surface area contributed by atoms with E-state index in [0.29, 0.717) is 32.7 Å². The van der Waals surface area contributed by atoms with Crippen LogP contribution in [0.25, 0.3) is 21.5 Å². The van der Waals surface area contributed by atoms with E-state index in [2.05, 4.69) is 104 Å². The molecule has 5 N–H and O–H groups in total. The highest BCUT2D eigenvalue weighted by Crippen LogP contribution is 2.41. The minimum absolute atomic E-state index is 0.405. The predicted octanol–water partition coefficient (Wildman–Crippen LogP) is 10.8. The number of nitrogens with two attached hydrogens (primary N) is 1. The van der Waals surface area contributed by atoms with Gasteiger partial charge in [0.1, 0.15) is 16.4 Å². The summed E-state index contributed by atoms with van der Waals surface area (Å²) in [4.78, 5) is 38.9. The highest BCUT2D eigenvalue weighted by atomic mass is 35.5. The zero-order valence-electron chi connectivity index (χ0n) is 41.1. The molecule has 4 aromatic carbocycles. The van der Waals surface area contributed by atoms with Gasteiger partial charge >= 0.3 is 0 Å². The van der Waals surface area contributed by atoms with Gasteiger partial charge in [-0.3, -0.25) is 0 Å². The second-order valence-corrected chi connectivity index (χ2v) is 19.4. The second kappa shape index (κ2) is 23.7. The van der Waals surface area contributed by atoms with Crippen molar-refractivity contribution in [1.82, 2.24) is 39.7 Å². The maximum atomic E-state index is 6.87. The molecule has 0 radical (unpaired) electrons. The van der Waals surface area contributed by atoms with Crippen molar-refractivity contribution in [2.24, 2.45) is 0 Å². The number of nitrogen functional groups attached to an aromatic ring is 1. The van der Waals surface area contributed by atoms with Crippen LogP contribution in [-0.4, -0.2) is 134 Å². The van der Waals surface area contributed by atoms with E-state index in [1.54, 1.807) is 24.8 Å². The summed E-state index contributed by atoms with van der Waals surface area (Å²) < 4.78 is 0. The molecule has 2 fully saturated rings. The van der Waals surface area contributed by atoms with Gasteiger partial charge < -0.3 is 51.1 Å². The molecule has 72 heavy (non-hydrogen) atoms. The number of rotatable bonds is 10. The smallest absolute Gasteiger partial charge is 0.229 e. The Kier molecular flexibility index (Phi) is 17.0. The quantitative estimate of drug-likeness (QED) is 0.0958. The van der Waals surface area contributed by atoms with Crippen LogP contribution in [0, 0.1) is 0 Å². The number of nitrogens with zero attached hydrogens (tertiary/aromatic N) is 12. The lowest BCUT2D eigenvalue weighted by Crippen LogP contribution is -2.44. The van der Waals surface area contributed by atoms with Crippen molar-refractivity contribution in [1.29, 1.82) is 0 Å². The Morgan fingerprint density at radius 1 is 0.500 bits per heavy atom. The number of hydrogen-bond acceptors (Lipinski definition) is 16. The Hall–Kier alpha value is -6.66. The summed E-state index contributed by atoms with van der Waals surface area (Å²) in [5.41, 5.74) is 11.5. The number of pyridine rings is 2. The van der Waals surface area contributed by atoms with Gasteiger partial charge in [0.05, 0.1) is 50.9 Å². The summed E-state index contributed by atoms with van der Waals surface area (Å²) in [6.45, 7) is 8.02. The van der Waals surface area contributed by atoms with Crippen LogP contribution in [0.1, 0.15) is 0 Å². The normalized spacial score (nSPS) is 14.0. The van der Waals surface area contributed by atoms with E-state index in [0.717, 1.165) is 125 Å². The van der Waals surface area contributed by atoms with Crippen LogP contribution in [0.15, 0.2) is 116 Å². The van der Waals surface area contributed by atoms with Crippen molar-refractivity contribution in [3.8, 4) is 0 Å². The Balaban J connectivity index is 0.000000161. The first kappa shape index (κ1) is 51.7. The zero-order chi connectivity index (χ0) is 50.9. The molecule has 6 heterocycles. The van der Waals surface area contributed by atoms with Crippen molar-refractivity contribution >= 4 is 131 Å². The van der Waals surface area contributed by atoms with Crippen molar-refractivity contribution in [3.05, 3.63) is 136 Å². The Labute approximate surface area is 440 Å². The van der Waals surface area contributed by atoms with Gasteiger partial charge in [0.15, 0.2) is 23.3 Å². The number of hydrogen-bond donors (Lipinski definition) is 4. The lowest BCUT2D eigenvalue weighted by Gasteiger charge is -2.35. The van der Waals surface area contributed by atoms with Gasteiger partial charge in [-0.05, 0) is 50.5 Å². The number of piperazine rings is 2. The number of likely N-dealkylation sites (N-methyl/N-ethyl adjacent to an activating group) is 2. The fourth-order valence-electron chi connectivity index (χ4n) is 8.48. The molecule has 4 aromatic heterocycles. The fraction of sp³-hybridized carbons (Fsp3) is 0.269. The van der Waals surface area contributed by atoms with E-state index in [9.17, 15) is 0 Å². The van der Waals surface area contributed by atoms with E-state index < -0.39 is 0 Å². The molecule has 0 aliphatic carbocycles. The minimum Gasteiger partial charge on any atom is -0.398 e. The average molecular weight is 1050 g/mol. The predicted molar refractivity (Wildman–Crippen MR) is 303 cm³/mol. The van der Waals surface area contributed by atoms with E-state index in [-0.39, 0.29) is 0 Å². The van der Waals surface area contributed by atoms with E-state index in [1.807, 2.05) is 98.7 Å². The molecule has 0 spiro atoms. The summed E-state index contributed by atoms with van der Waals surface area (Å²) in [6, 6.07) is 27.9. The third-order valence-electron chi connectivity index (χ3n) is 12.2. The number of nitrogens with one attached hydrogen (secondary N) is 3. The standard InChI is InChI=1S/C26H28Cl2N8.C15H18ClN3.C11H12ClN5/c1-34(2)25-21(9-6-10-29-25)31-24-20(28)16-30-26(33-24)32-22-15-19(27)23(18-8-5-4-7-17(18)22)36-13-11-35(3)12-14-36;1-18-6-8-19(9-7-18)15-12-5-3-2-4-11(12)14(17)10-13(15)16;1-17(2)11-9(4-3-5-14-11)16-10-8(12)6-13-7-15-10/h4-10,15-16H,11-14H2,1-3H3,(H2,30,31,32,33);2-5,10H,6-9,17H2,1H3;3-7H,1-2H3,(H,13,15,16). The van der Waals surface area contributed by atoms with Gasteiger partial charge in [-0.2, -0.15) is 4.98 Å². The molecule has 0 amide bonds. The molecule has 0 unspecified atom stereocenters. The first-order valence-electron chi connectivity index (χ1n) is 23.3. The molecule has 2 saturated heterocycles. The van der Waals surface area contributed by atoms with Gasteiger partial charge in [0.2, 0.25) is 5.95 Å². The molecule has 374 valence electrons. The van der Waals surface area contributed by atoms with Crippen LogP contribution in [-0.2, 0) is 0 Å². The molecule has 16 nitrogen and oxygen atoms in total. The zero-order valence-corrected chi connectivity index (χ0v) is 44.1. The van der Waals surface area contributed by atoms with Crippen LogP contribution in [0.5, 0.6) is 0 Å². The van der Waals surface area contributed by atoms with Crippen LogP contribution < -0.4 is 41.3 Å². The molecule has 0 saturated carbocycles. The van der Waals surface area contributed by atoms with Crippen molar-refractivity contribution in [3.63, 3.8) is 0 Å². The van der Waals surface area contributed by atoms with Crippen molar-refractivity contribution < 1.29 is 0 Å². The monoisotopic (exact) mass is 1050 g/mol. The maximum absolute atomic E-state index is 6.87. The van der Waals surface area contributed by atoms with E-state index in [4.69, 9.17) is 52.1 Å². The van der Waals surface area contributed by atoms with Crippen LogP contribution >= 0.6 is 46.4 Å². The molecular formula is C52H58Cl4N16. The number of anilines is 11. The summed E-state index contributed by atoms with van der Waals surface area (Å²) in [6.07, 6.45) is 8.05. The third-order valence-corrected chi connectivity index (χ3v) is 13.3. The summed E-state index contributed by atoms with van der Waals surface area (Å²) in [5, 5.41) is 16.5. The Morgan fingerprint density at radius 3 is 1.53 bits per heavy atom. The number of benzene rings is 4. The van der Waals surface area contributed by atoms with Gasteiger partial charge in [0.25, 0.3) is 0 Å². The highest BCUT2D eigenvalue weighted by molar-refractivity contribution is 6.36. The minimum atomic E-state index is 0.405. The molecule has 0 bridgehead atoms. The fourth-order valence-corrected chi connectivity index (χ4v) is 9.44. The molecule has 8 aromatic rings. The maximum Gasteiger partial charge on any atom is 0.229 e. The second-order valence-electron chi connectivity index (χ2n) is 17.7. The van der Waals surface area contributed by atoms with Crippen LogP contribution in [0.2, 0.25) is 20.1 Å². The highest BCUT2D eigenvalue weighted by Gasteiger charge is 2.22. The van der Waals surface area contributed by atoms with Crippen molar-refractivity contribution in [2.75, 3.05) is 136 Å². The number of fused-ring (bicyclic) bond motifs is 2. The average Bonchev–Trinajstić information content (AvgIpc) is 3.37. The van der Waals surface area contributed by atoms with Gasteiger partial charge in [0, 0.05) is 120 Å². The SMILES string of the molecule is CN(C)c1ncccc1Nc1ncncc1Cl.CN1CCN(c2c(Cl)cc(N)c3ccccc23)CC1.CN1CCN(c2c(Cl)cc(Nc3ncc(Cl)c(Nc4cccnc4N(C)C)n3)c3ccccc23)CC1. The van der Waals surface area contributed by atoms with Crippen LogP contribution in [0.4, 0.5) is 63.3 Å². The third kappa shape index (κ3) is 12.3. The molecule has 2 aliphatic rings. The first-order chi connectivity index (χ1) is 34.7. The topological polar surface area (TPSA) is 159 Å². The number of aromatic nitrogens is 6. The molecule has 10 rings (SSSR count). The van der Waals surface area contributed by atoms with Crippen molar-refractivity contribution in [2.45, 2.75) is 0 Å². The number of halogens is 4.